The van der Waals surface area contributed by atoms with Gasteiger partial charge in [0, 0.05) is 14.5 Å². The van der Waals surface area contributed by atoms with E-state index in [9.17, 15) is 4.39 Å². The van der Waals surface area contributed by atoms with E-state index in [0.717, 1.165) is 10.0 Å². The Balaban J connectivity index is 2.03. The zero-order valence-corrected chi connectivity index (χ0v) is 14.6. The Kier molecular flexibility index (Phi) is 4.43. The predicted octanol–water partition coefficient (Wildman–Crippen LogP) is 5.45. The molecule has 0 radical (unpaired) electrons. The maximum absolute atomic E-state index is 14.1. The van der Waals surface area contributed by atoms with E-state index in [1.165, 1.54) is 6.07 Å². The van der Waals surface area contributed by atoms with Gasteiger partial charge in [-0.15, -0.1) is 11.6 Å². The van der Waals surface area contributed by atoms with Crippen LogP contribution in [0.5, 0.6) is 11.5 Å². The van der Waals surface area contributed by atoms with Crippen LogP contribution in [0.4, 0.5) is 4.39 Å². The quantitative estimate of drug-likeness (QED) is 0.583. The van der Waals surface area contributed by atoms with Gasteiger partial charge in [0.15, 0.2) is 11.5 Å². The van der Waals surface area contributed by atoms with Gasteiger partial charge in [-0.3, -0.25) is 0 Å². The molecular formula is C15H10Br2ClFO2. The number of ether oxygens (including phenoxy) is 2. The van der Waals surface area contributed by atoms with Gasteiger partial charge in [-0.2, -0.15) is 0 Å². The molecule has 0 amide bonds. The molecule has 0 bridgehead atoms. The van der Waals surface area contributed by atoms with Crippen LogP contribution in [0.2, 0.25) is 0 Å². The summed E-state index contributed by atoms with van der Waals surface area (Å²) in [5.41, 5.74) is 1.15. The van der Waals surface area contributed by atoms with Crippen LogP contribution in [0, 0.1) is 5.82 Å². The van der Waals surface area contributed by atoms with Gasteiger partial charge in [-0.25, -0.2) is 4.39 Å². The van der Waals surface area contributed by atoms with Gasteiger partial charge in [-0.1, -0.05) is 37.9 Å². The fourth-order valence-corrected chi connectivity index (χ4v) is 3.52. The summed E-state index contributed by atoms with van der Waals surface area (Å²) in [6, 6.07) is 8.42. The third-order valence-electron chi connectivity index (χ3n) is 3.17. The molecule has 2 aromatic rings. The number of rotatable bonds is 2. The van der Waals surface area contributed by atoms with Crippen LogP contribution in [0.15, 0.2) is 39.3 Å². The number of fused-ring (bicyclic) bond motifs is 1. The fraction of sp³-hybridized carbons (Fsp3) is 0.200. The summed E-state index contributed by atoms with van der Waals surface area (Å²) >= 11 is 13.2. The summed E-state index contributed by atoms with van der Waals surface area (Å²) < 4.78 is 26.6. The van der Waals surface area contributed by atoms with E-state index < -0.39 is 5.38 Å². The van der Waals surface area contributed by atoms with Crippen molar-refractivity contribution in [3.05, 3.63) is 56.2 Å². The molecule has 2 nitrogen and oxygen atoms in total. The molecule has 1 unspecified atom stereocenters. The number of hydrogen-bond acceptors (Lipinski definition) is 2. The van der Waals surface area contributed by atoms with Gasteiger partial charge in [0.1, 0.15) is 19.0 Å². The van der Waals surface area contributed by atoms with E-state index in [2.05, 4.69) is 31.9 Å². The van der Waals surface area contributed by atoms with Crippen molar-refractivity contribution in [3.8, 4) is 11.5 Å². The summed E-state index contributed by atoms with van der Waals surface area (Å²) in [6.07, 6.45) is 0. The second kappa shape index (κ2) is 6.15. The largest absolute Gasteiger partial charge is 0.486 e. The van der Waals surface area contributed by atoms with E-state index in [1.807, 2.05) is 0 Å². The summed E-state index contributed by atoms with van der Waals surface area (Å²) in [6.45, 7) is 1.01. The Labute approximate surface area is 143 Å². The second-order valence-electron chi connectivity index (χ2n) is 4.55. The highest BCUT2D eigenvalue weighted by Gasteiger charge is 2.22. The van der Waals surface area contributed by atoms with Gasteiger partial charge in [0.25, 0.3) is 0 Å². The molecule has 0 aliphatic carbocycles. The average molecular weight is 437 g/mol. The molecule has 0 aromatic heterocycles. The van der Waals surface area contributed by atoms with Crippen molar-refractivity contribution in [2.75, 3.05) is 13.2 Å². The topological polar surface area (TPSA) is 18.5 Å². The molecule has 0 spiro atoms. The van der Waals surface area contributed by atoms with Crippen LogP contribution >= 0.6 is 43.5 Å². The van der Waals surface area contributed by atoms with Crippen LogP contribution in [0.25, 0.3) is 0 Å². The molecule has 1 aliphatic heterocycles. The highest BCUT2D eigenvalue weighted by molar-refractivity contribution is 9.10. The highest BCUT2D eigenvalue weighted by atomic mass is 79.9. The third-order valence-corrected chi connectivity index (χ3v) is 4.82. The first kappa shape index (κ1) is 15.1. The lowest BCUT2D eigenvalue weighted by Crippen LogP contribution is -2.15. The standard InChI is InChI=1S/C15H10Br2ClFO2/c16-8-1-2-9(12(19)5-8)15(18)10-6-13-14(7-11(10)17)21-4-3-20-13/h1-2,5-7,15H,3-4H2. The Morgan fingerprint density at radius 1 is 1.00 bits per heavy atom. The molecule has 21 heavy (non-hydrogen) atoms. The smallest absolute Gasteiger partial charge is 0.162 e. The van der Waals surface area contributed by atoms with Gasteiger partial charge in [0.2, 0.25) is 0 Å². The van der Waals surface area contributed by atoms with Gasteiger partial charge >= 0.3 is 0 Å². The first-order valence-electron chi connectivity index (χ1n) is 6.24. The monoisotopic (exact) mass is 434 g/mol. The number of halogens is 4. The summed E-state index contributed by atoms with van der Waals surface area (Å²) in [5, 5.41) is -0.622. The van der Waals surface area contributed by atoms with E-state index in [0.29, 0.717) is 34.7 Å². The van der Waals surface area contributed by atoms with Crippen LogP contribution in [0.1, 0.15) is 16.5 Å². The van der Waals surface area contributed by atoms with Gasteiger partial charge in [0.05, 0.1) is 5.38 Å². The van der Waals surface area contributed by atoms with Crippen molar-refractivity contribution < 1.29 is 13.9 Å². The number of hydrogen-bond donors (Lipinski definition) is 0. The Bertz CT molecular complexity index is 694. The maximum atomic E-state index is 14.1. The third kappa shape index (κ3) is 3.05. The van der Waals surface area contributed by atoms with Crippen molar-refractivity contribution in [1.82, 2.24) is 0 Å². The van der Waals surface area contributed by atoms with Crippen LogP contribution < -0.4 is 9.47 Å². The summed E-state index contributed by atoms with van der Waals surface area (Å²) in [7, 11) is 0. The minimum Gasteiger partial charge on any atom is -0.486 e. The van der Waals surface area contributed by atoms with Gasteiger partial charge in [-0.05, 0) is 29.8 Å². The van der Waals surface area contributed by atoms with Crippen molar-refractivity contribution in [2.24, 2.45) is 0 Å². The zero-order chi connectivity index (χ0) is 15.0. The molecule has 110 valence electrons. The lowest BCUT2D eigenvalue weighted by atomic mass is 10.0. The maximum Gasteiger partial charge on any atom is 0.162 e. The van der Waals surface area contributed by atoms with Crippen LogP contribution in [-0.4, -0.2) is 13.2 Å². The molecule has 2 aromatic carbocycles. The average Bonchev–Trinajstić information content (AvgIpc) is 2.46. The lowest BCUT2D eigenvalue weighted by Gasteiger charge is -2.21. The number of alkyl halides is 1. The SMILES string of the molecule is Fc1cc(Br)ccc1C(Cl)c1cc2c(cc1Br)OCCO2. The normalized spacial score (nSPS) is 14.9. The molecule has 0 fully saturated rings. The Morgan fingerprint density at radius 3 is 2.33 bits per heavy atom. The summed E-state index contributed by atoms with van der Waals surface area (Å²) in [5.74, 6) is 0.936. The summed E-state index contributed by atoms with van der Waals surface area (Å²) in [4.78, 5) is 0. The van der Waals surface area contributed by atoms with Crippen LogP contribution in [-0.2, 0) is 0 Å². The Morgan fingerprint density at radius 2 is 1.67 bits per heavy atom. The molecule has 1 aliphatic rings. The predicted molar refractivity (Wildman–Crippen MR) is 86.9 cm³/mol. The van der Waals surface area contributed by atoms with Crippen molar-refractivity contribution >= 4 is 43.5 Å². The molecule has 0 N–H and O–H groups in total. The van der Waals surface area contributed by atoms with Gasteiger partial charge < -0.3 is 9.47 Å². The molecule has 3 rings (SSSR count). The molecule has 1 atom stereocenters. The first-order chi connectivity index (χ1) is 10.1. The fourth-order valence-electron chi connectivity index (χ4n) is 2.15. The molecule has 1 heterocycles. The Hall–Kier alpha value is -0.780. The van der Waals surface area contributed by atoms with E-state index in [4.69, 9.17) is 21.1 Å². The minimum absolute atomic E-state index is 0.355. The molecule has 6 heteroatoms. The van der Waals surface area contributed by atoms with Crippen LogP contribution in [0.3, 0.4) is 0 Å². The zero-order valence-electron chi connectivity index (χ0n) is 10.7. The van der Waals surface area contributed by atoms with Crippen molar-refractivity contribution in [2.45, 2.75) is 5.38 Å². The molecule has 0 saturated heterocycles. The molecule has 0 saturated carbocycles. The van der Waals surface area contributed by atoms with E-state index in [-0.39, 0.29) is 5.82 Å². The lowest BCUT2D eigenvalue weighted by molar-refractivity contribution is 0.171. The highest BCUT2D eigenvalue weighted by Crippen LogP contribution is 2.42. The molecular weight excluding hydrogens is 426 g/mol. The minimum atomic E-state index is -0.622. The second-order valence-corrected chi connectivity index (χ2v) is 6.75. The van der Waals surface area contributed by atoms with E-state index in [1.54, 1.807) is 24.3 Å². The number of benzene rings is 2. The van der Waals surface area contributed by atoms with Crippen molar-refractivity contribution in [1.29, 1.82) is 0 Å². The van der Waals surface area contributed by atoms with E-state index >= 15 is 0 Å². The first-order valence-corrected chi connectivity index (χ1v) is 8.26. The van der Waals surface area contributed by atoms with Crippen molar-refractivity contribution in [3.63, 3.8) is 0 Å².